The number of fused-ring (bicyclic) bond motifs is 1. The zero-order chi connectivity index (χ0) is 23.7. The van der Waals surface area contributed by atoms with Gasteiger partial charge in [-0.3, -0.25) is 15.0 Å². The molecule has 3 heterocycles. The Balaban J connectivity index is 1.50. The molecule has 5 rings (SSSR count). The number of sulfonamides is 1. The molecule has 3 N–H and O–H groups in total. The molecule has 9 heteroatoms. The molecule has 0 unspecified atom stereocenters. The Bertz CT molecular complexity index is 1590. The van der Waals surface area contributed by atoms with Crippen LogP contribution in [-0.2, 0) is 22.9 Å². The van der Waals surface area contributed by atoms with Gasteiger partial charge in [0.25, 0.3) is 0 Å². The molecule has 0 saturated heterocycles. The van der Waals surface area contributed by atoms with Crippen LogP contribution in [0.2, 0.25) is 0 Å². The van der Waals surface area contributed by atoms with Crippen molar-refractivity contribution in [3.8, 4) is 22.6 Å². The van der Waals surface area contributed by atoms with Crippen LogP contribution in [0.15, 0.2) is 78.0 Å². The Hall–Kier alpha value is -3.95. The van der Waals surface area contributed by atoms with Crippen LogP contribution in [-0.4, -0.2) is 33.3 Å². The van der Waals surface area contributed by atoms with Gasteiger partial charge in [-0.2, -0.15) is 0 Å². The quantitative estimate of drug-likeness (QED) is 0.388. The van der Waals surface area contributed by atoms with E-state index < -0.39 is 10.0 Å². The number of primary sulfonamides is 1. The van der Waals surface area contributed by atoms with Gasteiger partial charge in [0.05, 0.1) is 33.0 Å². The molecule has 0 saturated carbocycles. The molecule has 0 aliphatic rings. The first-order valence-corrected chi connectivity index (χ1v) is 12.3. The lowest BCUT2D eigenvalue weighted by molar-refractivity contribution is 0.597. The molecule has 0 bridgehead atoms. The molecule has 3 aromatic heterocycles. The molecule has 0 radical (unpaired) electrons. The van der Waals surface area contributed by atoms with Gasteiger partial charge in [-0.1, -0.05) is 24.3 Å². The van der Waals surface area contributed by atoms with Crippen LogP contribution in [0.3, 0.4) is 0 Å². The Labute approximate surface area is 197 Å². The van der Waals surface area contributed by atoms with E-state index in [1.807, 2.05) is 43.3 Å². The summed E-state index contributed by atoms with van der Waals surface area (Å²) >= 11 is 0. The second-order valence-electron chi connectivity index (χ2n) is 8.02. The van der Waals surface area contributed by atoms with Gasteiger partial charge in [-0.05, 0) is 55.3 Å². The molecule has 0 amide bonds. The highest BCUT2D eigenvalue weighted by Gasteiger charge is 2.16. The van der Waals surface area contributed by atoms with E-state index in [1.165, 1.54) is 12.1 Å². The van der Waals surface area contributed by atoms with Crippen molar-refractivity contribution >= 4 is 21.1 Å². The van der Waals surface area contributed by atoms with Crippen LogP contribution in [0.4, 0.5) is 0 Å². The number of aromatic amines is 1. The third-order valence-electron chi connectivity index (χ3n) is 5.54. The summed E-state index contributed by atoms with van der Waals surface area (Å²) in [5.41, 5.74) is 6.89. The molecule has 2 aromatic carbocycles. The van der Waals surface area contributed by atoms with Crippen molar-refractivity contribution in [2.45, 2.75) is 24.7 Å². The average molecular weight is 471 g/mol. The van der Waals surface area contributed by atoms with E-state index >= 15 is 0 Å². The number of hydrogen-bond acceptors (Lipinski definition) is 6. The van der Waals surface area contributed by atoms with Gasteiger partial charge >= 0.3 is 0 Å². The Morgan fingerprint density at radius 2 is 1.65 bits per heavy atom. The molecule has 34 heavy (non-hydrogen) atoms. The molecule has 0 aliphatic heterocycles. The fourth-order valence-corrected chi connectivity index (χ4v) is 4.35. The molecular weight excluding hydrogens is 448 g/mol. The van der Waals surface area contributed by atoms with Crippen LogP contribution >= 0.6 is 0 Å². The number of benzene rings is 2. The maximum atomic E-state index is 11.5. The summed E-state index contributed by atoms with van der Waals surface area (Å²) in [6, 6.07) is 18.4. The number of H-pyrrole nitrogens is 1. The summed E-state index contributed by atoms with van der Waals surface area (Å²) in [7, 11) is -3.70. The van der Waals surface area contributed by atoms with Crippen molar-refractivity contribution in [3.63, 3.8) is 0 Å². The zero-order valence-electron chi connectivity index (χ0n) is 18.4. The van der Waals surface area contributed by atoms with Gasteiger partial charge < -0.3 is 4.98 Å². The van der Waals surface area contributed by atoms with Crippen LogP contribution in [0.25, 0.3) is 33.7 Å². The van der Waals surface area contributed by atoms with Gasteiger partial charge in [0.2, 0.25) is 10.0 Å². The van der Waals surface area contributed by atoms with Crippen molar-refractivity contribution in [1.82, 2.24) is 24.9 Å². The van der Waals surface area contributed by atoms with Crippen molar-refractivity contribution in [1.29, 1.82) is 0 Å². The van der Waals surface area contributed by atoms with E-state index in [0.717, 1.165) is 50.8 Å². The second-order valence-corrected chi connectivity index (χ2v) is 9.58. The number of pyridine rings is 1. The highest BCUT2D eigenvalue weighted by atomic mass is 32.2. The second kappa shape index (κ2) is 8.77. The van der Waals surface area contributed by atoms with Gasteiger partial charge in [0, 0.05) is 30.1 Å². The van der Waals surface area contributed by atoms with E-state index in [0.29, 0.717) is 12.8 Å². The molecule has 0 spiro atoms. The van der Waals surface area contributed by atoms with Crippen molar-refractivity contribution in [2.75, 3.05) is 0 Å². The van der Waals surface area contributed by atoms with Crippen molar-refractivity contribution < 1.29 is 8.42 Å². The highest BCUT2D eigenvalue weighted by molar-refractivity contribution is 7.89. The first-order valence-electron chi connectivity index (χ1n) is 10.7. The number of rotatable bonds is 6. The molecule has 0 atom stereocenters. The minimum absolute atomic E-state index is 0.101. The summed E-state index contributed by atoms with van der Waals surface area (Å²) in [5, 5.41) is 5.19. The normalized spacial score (nSPS) is 11.7. The third kappa shape index (κ3) is 4.57. The molecule has 0 fully saturated rings. The first-order chi connectivity index (χ1) is 16.4. The van der Waals surface area contributed by atoms with E-state index in [1.54, 1.807) is 24.5 Å². The van der Waals surface area contributed by atoms with E-state index in [9.17, 15) is 8.42 Å². The number of nitrogens with zero attached hydrogens (tertiary/aromatic N) is 4. The SMILES string of the molecule is Cc1cccc(-c2[nH]c(CCc3ccc(S(N)(=O)=O)cc3)nc2-c2ccc3nccnc3c2)n1. The number of nitrogens with two attached hydrogens (primary N) is 1. The molecule has 5 aromatic rings. The summed E-state index contributed by atoms with van der Waals surface area (Å²) in [6.07, 6.45) is 4.67. The maximum absolute atomic E-state index is 11.5. The van der Waals surface area contributed by atoms with Crippen molar-refractivity contribution in [2.24, 2.45) is 5.14 Å². The van der Waals surface area contributed by atoms with Gasteiger partial charge in [0.1, 0.15) is 5.82 Å². The Morgan fingerprint density at radius 1 is 0.882 bits per heavy atom. The van der Waals surface area contributed by atoms with E-state index in [4.69, 9.17) is 10.1 Å². The van der Waals surface area contributed by atoms with Gasteiger partial charge in [0.15, 0.2) is 0 Å². The number of aryl methyl sites for hydroxylation is 3. The fraction of sp³-hybridized carbons (Fsp3) is 0.120. The fourth-order valence-electron chi connectivity index (χ4n) is 3.84. The zero-order valence-corrected chi connectivity index (χ0v) is 19.2. The van der Waals surface area contributed by atoms with Gasteiger partial charge in [-0.15, -0.1) is 0 Å². The highest BCUT2D eigenvalue weighted by Crippen LogP contribution is 2.31. The number of imidazole rings is 1. The third-order valence-corrected chi connectivity index (χ3v) is 6.47. The lowest BCUT2D eigenvalue weighted by Crippen LogP contribution is -2.11. The number of hydrogen-bond donors (Lipinski definition) is 2. The maximum Gasteiger partial charge on any atom is 0.238 e. The molecule has 170 valence electrons. The van der Waals surface area contributed by atoms with Crippen LogP contribution < -0.4 is 5.14 Å². The monoisotopic (exact) mass is 470 g/mol. The summed E-state index contributed by atoms with van der Waals surface area (Å²) in [5.74, 6) is 0.808. The first kappa shape index (κ1) is 21.9. The van der Waals surface area contributed by atoms with Crippen LogP contribution in [0.1, 0.15) is 17.1 Å². The average Bonchev–Trinajstić information content (AvgIpc) is 3.27. The topological polar surface area (TPSA) is 128 Å². The number of aromatic nitrogens is 5. The van der Waals surface area contributed by atoms with Gasteiger partial charge in [-0.25, -0.2) is 18.5 Å². The Kier molecular flexibility index (Phi) is 5.64. The summed E-state index contributed by atoms with van der Waals surface area (Å²) in [6.45, 7) is 1.96. The van der Waals surface area contributed by atoms with Crippen LogP contribution in [0.5, 0.6) is 0 Å². The molecular formula is C25H22N6O2S. The predicted octanol–water partition coefficient (Wildman–Crippen LogP) is 3.82. The Morgan fingerprint density at radius 3 is 2.38 bits per heavy atom. The molecule has 0 aliphatic carbocycles. The van der Waals surface area contributed by atoms with Crippen molar-refractivity contribution in [3.05, 3.63) is 90.1 Å². The predicted molar refractivity (Wildman–Crippen MR) is 130 cm³/mol. The standard InChI is InChI=1S/C25H22N6O2S/c1-16-3-2-4-21(29-16)25-24(18-8-11-20-22(15-18)28-14-13-27-20)30-23(31-25)12-7-17-5-9-19(10-6-17)34(26,32)33/h2-6,8-11,13-15H,7,12H2,1H3,(H,30,31)(H2,26,32,33). The van der Waals surface area contributed by atoms with Crippen LogP contribution in [0, 0.1) is 6.92 Å². The number of nitrogens with one attached hydrogen (secondary N) is 1. The minimum Gasteiger partial charge on any atom is -0.340 e. The largest absolute Gasteiger partial charge is 0.340 e. The lowest BCUT2D eigenvalue weighted by atomic mass is 10.1. The minimum atomic E-state index is -3.70. The molecule has 8 nitrogen and oxygen atoms in total. The lowest BCUT2D eigenvalue weighted by Gasteiger charge is -2.04. The van der Waals surface area contributed by atoms with E-state index in [-0.39, 0.29) is 4.90 Å². The summed E-state index contributed by atoms with van der Waals surface area (Å²) < 4.78 is 23.0. The van der Waals surface area contributed by atoms with E-state index in [2.05, 4.69) is 19.9 Å². The smallest absolute Gasteiger partial charge is 0.238 e. The summed E-state index contributed by atoms with van der Waals surface area (Å²) in [4.78, 5) is 21.9.